The van der Waals surface area contributed by atoms with E-state index in [-0.39, 0.29) is 42.4 Å². The number of halogens is 1. The first-order valence-electron chi connectivity index (χ1n) is 8.41. The fourth-order valence-corrected chi connectivity index (χ4v) is 4.91. The van der Waals surface area contributed by atoms with E-state index in [4.69, 9.17) is 5.73 Å². The summed E-state index contributed by atoms with van der Waals surface area (Å²) in [5.41, 5.74) is 6.81. The van der Waals surface area contributed by atoms with Crippen molar-refractivity contribution < 1.29 is 13.2 Å². The minimum absolute atomic E-state index is 0. The zero-order valence-corrected chi connectivity index (χ0v) is 16.3. The standard InChI is InChI=1S/C17H27N3O3S.ClH/c1-2-20(16-8-11-24(22,23)14-16)17(21)13-19(10-9-18)12-15-6-4-3-5-7-15;/h3-7,16H,2,8-14,18H2,1H3;1H. The molecule has 1 fully saturated rings. The number of hydrogen-bond donors (Lipinski definition) is 1. The number of nitrogens with zero attached hydrogens (tertiary/aromatic N) is 2. The summed E-state index contributed by atoms with van der Waals surface area (Å²) >= 11 is 0. The molecule has 25 heavy (non-hydrogen) atoms. The van der Waals surface area contributed by atoms with Gasteiger partial charge in [0.05, 0.1) is 18.1 Å². The minimum Gasteiger partial charge on any atom is -0.338 e. The van der Waals surface area contributed by atoms with Crippen LogP contribution >= 0.6 is 12.4 Å². The third-order valence-corrected chi connectivity index (χ3v) is 6.11. The Labute approximate surface area is 156 Å². The Bertz CT molecular complexity index is 640. The number of sulfone groups is 1. The molecule has 1 amide bonds. The highest BCUT2D eigenvalue weighted by Gasteiger charge is 2.34. The number of hydrogen-bond acceptors (Lipinski definition) is 5. The molecule has 6 nitrogen and oxygen atoms in total. The molecule has 0 radical (unpaired) electrons. The molecule has 1 heterocycles. The lowest BCUT2D eigenvalue weighted by Gasteiger charge is -2.30. The van der Waals surface area contributed by atoms with Crippen LogP contribution in [0.25, 0.3) is 0 Å². The summed E-state index contributed by atoms with van der Waals surface area (Å²) in [4.78, 5) is 16.4. The van der Waals surface area contributed by atoms with Gasteiger partial charge in [0.25, 0.3) is 0 Å². The highest BCUT2D eigenvalue weighted by Crippen LogP contribution is 2.18. The Morgan fingerprint density at radius 3 is 2.48 bits per heavy atom. The number of nitrogens with two attached hydrogens (primary N) is 1. The van der Waals surface area contributed by atoms with E-state index in [1.165, 1.54) is 0 Å². The second-order valence-corrected chi connectivity index (χ2v) is 8.45. The second kappa shape index (κ2) is 10.1. The maximum Gasteiger partial charge on any atom is 0.237 e. The summed E-state index contributed by atoms with van der Waals surface area (Å²) in [5.74, 6) is 0.240. The summed E-state index contributed by atoms with van der Waals surface area (Å²) in [5, 5.41) is 0. The fourth-order valence-electron chi connectivity index (χ4n) is 3.18. The molecule has 0 spiro atoms. The third-order valence-electron chi connectivity index (χ3n) is 4.36. The number of likely N-dealkylation sites (N-methyl/N-ethyl adjacent to an activating group) is 1. The van der Waals surface area contributed by atoms with Crippen LogP contribution in [0.15, 0.2) is 30.3 Å². The molecule has 1 aromatic carbocycles. The fraction of sp³-hybridized carbons (Fsp3) is 0.588. The van der Waals surface area contributed by atoms with Gasteiger partial charge < -0.3 is 10.6 Å². The first-order valence-corrected chi connectivity index (χ1v) is 10.2. The molecule has 1 aliphatic rings. The quantitative estimate of drug-likeness (QED) is 0.714. The molecule has 1 unspecified atom stereocenters. The highest BCUT2D eigenvalue weighted by atomic mass is 35.5. The zero-order chi connectivity index (χ0) is 17.6. The van der Waals surface area contributed by atoms with Crippen LogP contribution in [-0.4, -0.2) is 67.9 Å². The van der Waals surface area contributed by atoms with E-state index in [0.717, 1.165) is 5.56 Å². The molecule has 0 bridgehead atoms. The van der Waals surface area contributed by atoms with Crippen molar-refractivity contribution in [1.82, 2.24) is 9.80 Å². The maximum absolute atomic E-state index is 12.7. The number of amides is 1. The first kappa shape index (κ1) is 21.9. The highest BCUT2D eigenvalue weighted by molar-refractivity contribution is 7.91. The normalized spacial score (nSPS) is 18.8. The largest absolute Gasteiger partial charge is 0.338 e. The second-order valence-electron chi connectivity index (χ2n) is 6.22. The Morgan fingerprint density at radius 1 is 1.28 bits per heavy atom. The van der Waals surface area contributed by atoms with Crippen LogP contribution < -0.4 is 5.73 Å². The molecule has 2 N–H and O–H groups in total. The van der Waals surface area contributed by atoms with Gasteiger partial charge >= 0.3 is 0 Å². The Balaban J connectivity index is 0.00000312. The predicted molar refractivity (Wildman–Crippen MR) is 102 cm³/mol. The number of rotatable bonds is 8. The van der Waals surface area contributed by atoms with E-state index in [1.54, 1.807) is 4.90 Å². The average Bonchev–Trinajstić information content (AvgIpc) is 2.89. The minimum atomic E-state index is -3.00. The molecule has 0 aromatic heterocycles. The zero-order valence-electron chi connectivity index (χ0n) is 14.6. The molecule has 8 heteroatoms. The molecular weight excluding hydrogens is 362 g/mol. The third kappa shape index (κ3) is 6.58. The molecular formula is C17H28ClN3O3S. The van der Waals surface area contributed by atoms with Crippen molar-refractivity contribution in [3.63, 3.8) is 0 Å². The van der Waals surface area contributed by atoms with Crippen LogP contribution in [0.3, 0.4) is 0 Å². The Kier molecular flexibility index (Phi) is 8.85. The maximum atomic E-state index is 12.7. The number of carbonyl (C=O) groups excluding carboxylic acids is 1. The summed E-state index contributed by atoms with van der Waals surface area (Å²) in [7, 11) is -3.00. The van der Waals surface area contributed by atoms with Crippen LogP contribution in [0.1, 0.15) is 18.9 Å². The molecule has 1 atom stereocenters. The van der Waals surface area contributed by atoms with E-state index in [9.17, 15) is 13.2 Å². The van der Waals surface area contributed by atoms with Gasteiger partial charge in [-0.2, -0.15) is 0 Å². The molecule has 1 saturated heterocycles. The van der Waals surface area contributed by atoms with E-state index >= 15 is 0 Å². The van der Waals surface area contributed by atoms with Gasteiger partial charge in [-0.25, -0.2) is 8.42 Å². The van der Waals surface area contributed by atoms with Gasteiger partial charge in [0.15, 0.2) is 9.84 Å². The van der Waals surface area contributed by atoms with Crippen molar-refractivity contribution in [1.29, 1.82) is 0 Å². The van der Waals surface area contributed by atoms with Crippen molar-refractivity contribution in [2.24, 2.45) is 5.73 Å². The van der Waals surface area contributed by atoms with E-state index in [1.807, 2.05) is 42.2 Å². The van der Waals surface area contributed by atoms with Gasteiger partial charge in [0.2, 0.25) is 5.91 Å². The summed E-state index contributed by atoms with van der Waals surface area (Å²) in [6.45, 7) is 4.44. The number of carbonyl (C=O) groups is 1. The van der Waals surface area contributed by atoms with Crippen LogP contribution in [0.2, 0.25) is 0 Å². The van der Waals surface area contributed by atoms with E-state index in [2.05, 4.69) is 0 Å². The summed E-state index contributed by atoms with van der Waals surface area (Å²) < 4.78 is 23.4. The topological polar surface area (TPSA) is 83.7 Å². The number of benzene rings is 1. The molecule has 1 aromatic rings. The van der Waals surface area contributed by atoms with Gasteiger partial charge in [-0.3, -0.25) is 9.69 Å². The first-order chi connectivity index (χ1) is 11.4. The SMILES string of the molecule is CCN(C(=O)CN(CCN)Cc1ccccc1)C1CCS(=O)(=O)C1.Cl. The van der Waals surface area contributed by atoms with Crippen molar-refractivity contribution in [3.8, 4) is 0 Å². The van der Waals surface area contributed by atoms with Crippen molar-refractivity contribution in [2.45, 2.75) is 25.9 Å². The average molecular weight is 390 g/mol. The lowest BCUT2D eigenvalue weighted by Crippen LogP contribution is -2.46. The molecule has 1 aliphatic heterocycles. The van der Waals surface area contributed by atoms with Crippen molar-refractivity contribution >= 4 is 28.2 Å². The summed E-state index contributed by atoms with van der Waals surface area (Å²) in [6.07, 6.45) is 0.539. The van der Waals surface area contributed by atoms with Gasteiger partial charge in [-0.1, -0.05) is 30.3 Å². The van der Waals surface area contributed by atoms with Gasteiger partial charge in [-0.15, -0.1) is 12.4 Å². The molecule has 142 valence electrons. The predicted octanol–water partition coefficient (Wildman–Crippen LogP) is 0.905. The van der Waals surface area contributed by atoms with Crippen molar-refractivity contribution in [2.75, 3.05) is 37.7 Å². The van der Waals surface area contributed by atoms with Crippen LogP contribution in [0.5, 0.6) is 0 Å². The van der Waals surface area contributed by atoms with E-state index in [0.29, 0.717) is 32.6 Å². The lowest BCUT2D eigenvalue weighted by molar-refractivity contribution is -0.134. The van der Waals surface area contributed by atoms with Gasteiger partial charge in [-0.05, 0) is 18.9 Å². The molecule has 0 saturated carbocycles. The van der Waals surface area contributed by atoms with Crippen LogP contribution in [0, 0.1) is 0 Å². The van der Waals surface area contributed by atoms with Gasteiger partial charge in [0, 0.05) is 32.2 Å². The Morgan fingerprint density at radius 2 is 1.96 bits per heavy atom. The Hall–Kier alpha value is -1.15. The van der Waals surface area contributed by atoms with E-state index < -0.39 is 9.84 Å². The van der Waals surface area contributed by atoms with Crippen LogP contribution in [-0.2, 0) is 21.2 Å². The smallest absolute Gasteiger partial charge is 0.237 e. The van der Waals surface area contributed by atoms with Crippen LogP contribution in [0.4, 0.5) is 0 Å². The lowest BCUT2D eigenvalue weighted by atomic mass is 10.2. The monoisotopic (exact) mass is 389 g/mol. The van der Waals surface area contributed by atoms with Crippen molar-refractivity contribution in [3.05, 3.63) is 35.9 Å². The molecule has 0 aliphatic carbocycles. The molecule has 2 rings (SSSR count). The summed E-state index contributed by atoms with van der Waals surface area (Å²) in [6, 6.07) is 9.76. The van der Waals surface area contributed by atoms with Gasteiger partial charge in [0.1, 0.15) is 0 Å².